The molecule has 0 unspecified atom stereocenters. The maximum atomic E-state index is 13.1. The van der Waals surface area contributed by atoms with E-state index in [0.29, 0.717) is 28.2 Å². The molecule has 3 amide bonds. The van der Waals surface area contributed by atoms with Gasteiger partial charge in [0.15, 0.2) is 0 Å². The fraction of sp³-hybridized carbons (Fsp3) is 0.111. The monoisotopic (exact) mass is 503 g/mol. The summed E-state index contributed by atoms with van der Waals surface area (Å²) in [7, 11) is 1.29. The molecule has 0 spiro atoms. The number of esters is 1. The number of carbonyl (C=O) groups is 4. The third-order valence-corrected chi connectivity index (χ3v) is 5.80. The van der Waals surface area contributed by atoms with Gasteiger partial charge in [-0.25, -0.2) is 9.69 Å². The molecule has 4 rings (SSSR count). The number of hydrogen-bond donors (Lipinski definition) is 2. The zero-order valence-electron chi connectivity index (χ0n) is 19.7. The van der Waals surface area contributed by atoms with Crippen LogP contribution < -0.4 is 15.5 Å². The molecule has 0 atom stereocenters. The highest BCUT2D eigenvalue weighted by Crippen LogP contribution is 2.31. The van der Waals surface area contributed by atoms with Crippen LogP contribution in [-0.2, 0) is 14.3 Å². The summed E-state index contributed by atoms with van der Waals surface area (Å²) >= 11 is 6.25. The minimum Gasteiger partial charge on any atom is -0.465 e. The molecule has 1 aliphatic heterocycles. The van der Waals surface area contributed by atoms with Gasteiger partial charge in [0.1, 0.15) is 10.7 Å². The van der Waals surface area contributed by atoms with E-state index in [1.165, 1.54) is 25.3 Å². The highest BCUT2D eigenvalue weighted by atomic mass is 35.5. The standard InChI is InChI=1S/C27H22ClN3O5/c1-15-11-16(2)13-21(12-15)31-25(33)22(28)23(26(31)34)29-20-6-4-5-18(14-20)24(32)30-19-9-7-17(8-10-19)27(35)36-3/h4-14,29H,1-3H3,(H,30,32). The Bertz CT molecular complexity index is 1410. The van der Waals surface area contributed by atoms with Crippen LogP contribution in [0.3, 0.4) is 0 Å². The number of ether oxygens (including phenoxy) is 1. The van der Waals surface area contributed by atoms with Crippen molar-refractivity contribution in [3.05, 3.63) is 99.7 Å². The number of amides is 3. The number of methoxy groups -OCH3 is 1. The van der Waals surface area contributed by atoms with Gasteiger partial charge in [0, 0.05) is 16.9 Å². The van der Waals surface area contributed by atoms with Gasteiger partial charge in [0.25, 0.3) is 17.7 Å². The van der Waals surface area contributed by atoms with E-state index < -0.39 is 23.7 Å². The van der Waals surface area contributed by atoms with Crippen LogP contribution in [0.25, 0.3) is 0 Å². The molecular formula is C27H22ClN3O5. The summed E-state index contributed by atoms with van der Waals surface area (Å²) in [5.41, 5.74) is 3.72. The number of benzene rings is 3. The number of aryl methyl sites for hydroxylation is 2. The molecule has 0 fully saturated rings. The summed E-state index contributed by atoms with van der Waals surface area (Å²) in [5.74, 6) is -2.10. The molecule has 1 heterocycles. The van der Waals surface area contributed by atoms with Gasteiger partial charge >= 0.3 is 5.97 Å². The Morgan fingerprint density at radius 3 is 2.14 bits per heavy atom. The van der Waals surface area contributed by atoms with Gasteiger partial charge in [-0.2, -0.15) is 0 Å². The summed E-state index contributed by atoms with van der Waals surface area (Å²) in [4.78, 5) is 51.2. The first-order valence-electron chi connectivity index (χ1n) is 10.9. The first kappa shape index (κ1) is 24.7. The van der Waals surface area contributed by atoms with Crippen molar-refractivity contribution in [3.8, 4) is 0 Å². The molecule has 8 nitrogen and oxygen atoms in total. The maximum Gasteiger partial charge on any atom is 0.337 e. The second-order valence-electron chi connectivity index (χ2n) is 8.21. The molecule has 0 saturated heterocycles. The van der Waals surface area contributed by atoms with E-state index in [2.05, 4.69) is 15.4 Å². The second kappa shape index (κ2) is 10.1. The van der Waals surface area contributed by atoms with Crippen molar-refractivity contribution in [2.45, 2.75) is 13.8 Å². The molecule has 3 aromatic rings. The molecule has 0 aliphatic carbocycles. The Hall–Kier alpha value is -4.43. The fourth-order valence-electron chi connectivity index (χ4n) is 3.82. The predicted molar refractivity (Wildman–Crippen MR) is 137 cm³/mol. The largest absolute Gasteiger partial charge is 0.465 e. The molecule has 36 heavy (non-hydrogen) atoms. The van der Waals surface area contributed by atoms with E-state index in [0.717, 1.165) is 16.0 Å². The fourth-order valence-corrected chi connectivity index (χ4v) is 4.03. The first-order chi connectivity index (χ1) is 17.2. The van der Waals surface area contributed by atoms with Crippen molar-refractivity contribution in [1.29, 1.82) is 0 Å². The van der Waals surface area contributed by atoms with E-state index in [1.54, 1.807) is 42.5 Å². The molecular weight excluding hydrogens is 482 g/mol. The average Bonchev–Trinajstić information content (AvgIpc) is 3.06. The van der Waals surface area contributed by atoms with Gasteiger partial charge in [-0.3, -0.25) is 14.4 Å². The Kier molecular flexibility index (Phi) is 6.89. The number of nitrogens with one attached hydrogen (secondary N) is 2. The van der Waals surface area contributed by atoms with E-state index in [4.69, 9.17) is 11.6 Å². The quantitative estimate of drug-likeness (QED) is 0.370. The summed E-state index contributed by atoms with van der Waals surface area (Å²) in [6.07, 6.45) is 0. The van der Waals surface area contributed by atoms with Gasteiger partial charge in [0.2, 0.25) is 0 Å². The van der Waals surface area contributed by atoms with Gasteiger partial charge in [-0.1, -0.05) is 23.7 Å². The van der Waals surface area contributed by atoms with Crippen LogP contribution in [0.2, 0.25) is 0 Å². The molecule has 0 radical (unpaired) electrons. The van der Waals surface area contributed by atoms with E-state index in [9.17, 15) is 19.2 Å². The normalized spacial score (nSPS) is 13.2. The Morgan fingerprint density at radius 2 is 1.50 bits per heavy atom. The van der Waals surface area contributed by atoms with Crippen LogP contribution in [0, 0.1) is 13.8 Å². The van der Waals surface area contributed by atoms with Crippen molar-refractivity contribution in [1.82, 2.24) is 0 Å². The molecule has 0 bridgehead atoms. The Balaban J connectivity index is 1.51. The van der Waals surface area contributed by atoms with E-state index in [-0.39, 0.29) is 10.7 Å². The maximum absolute atomic E-state index is 13.1. The lowest BCUT2D eigenvalue weighted by atomic mass is 10.1. The summed E-state index contributed by atoms with van der Waals surface area (Å²) < 4.78 is 4.66. The van der Waals surface area contributed by atoms with Gasteiger partial charge < -0.3 is 15.4 Å². The van der Waals surface area contributed by atoms with E-state index >= 15 is 0 Å². The molecule has 0 saturated carbocycles. The number of halogens is 1. The van der Waals surface area contributed by atoms with Crippen LogP contribution in [-0.4, -0.2) is 30.8 Å². The summed E-state index contributed by atoms with van der Waals surface area (Å²) in [6, 6.07) is 18.1. The Morgan fingerprint density at radius 1 is 0.833 bits per heavy atom. The van der Waals surface area contributed by atoms with Crippen LogP contribution in [0.1, 0.15) is 31.8 Å². The topological polar surface area (TPSA) is 105 Å². The SMILES string of the molecule is COC(=O)c1ccc(NC(=O)c2cccc(NC3=C(Cl)C(=O)N(c4cc(C)cc(C)c4)C3=O)c2)cc1. The third-order valence-electron chi connectivity index (χ3n) is 5.45. The van der Waals surface area contributed by atoms with Crippen LogP contribution in [0.5, 0.6) is 0 Å². The zero-order valence-corrected chi connectivity index (χ0v) is 20.5. The van der Waals surface area contributed by atoms with Gasteiger partial charge in [-0.05, 0) is 79.6 Å². The average molecular weight is 504 g/mol. The number of anilines is 3. The highest BCUT2D eigenvalue weighted by molar-refractivity contribution is 6.53. The molecule has 1 aliphatic rings. The summed E-state index contributed by atoms with van der Waals surface area (Å²) in [5, 5.41) is 5.39. The van der Waals surface area contributed by atoms with Crippen molar-refractivity contribution in [3.63, 3.8) is 0 Å². The molecule has 9 heteroatoms. The lowest BCUT2D eigenvalue weighted by molar-refractivity contribution is -0.120. The molecule has 2 N–H and O–H groups in total. The van der Waals surface area contributed by atoms with Crippen molar-refractivity contribution in [2.75, 3.05) is 22.6 Å². The lowest BCUT2D eigenvalue weighted by Gasteiger charge is -2.16. The van der Waals surface area contributed by atoms with Gasteiger partial charge in [-0.15, -0.1) is 0 Å². The summed E-state index contributed by atoms with van der Waals surface area (Å²) in [6.45, 7) is 3.75. The van der Waals surface area contributed by atoms with E-state index in [1.807, 2.05) is 19.9 Å². The smallest absolute Gasteiger partial charge is 0.337 e. The van der Waals surface area contributed by atoms with Crippen LogP contribution in [0.15, 0.2) is 77.5 Å². The number of carbonyl (C=O) groups excluding carboxylic acids is 4. The van der Waals surface area contributed by atoms with Crippen molar-refractivity contribution >= 4 is 52.4 Å². The van der Waals surface area contributed by atoms with Gasteiger partial charge in [0.05, 0.1) is 18.4 Å². The predicted octanol–water partition coefficient (Wildman–Crippen LogP) is 4.78. The van der Waals surface area contributed by atoms with Crippen LogP contribution >= 0.6 is 11.6 Å². The van der Waals surface area contributed by atoms with Crippen LogP contribution in [0.4, 0.5) is 17.1 Å². The lowest BCUT2D eigenvalue weighted by Crippen LogP contribution is -2.32. The minimum atomic E-state index is -0.626. The third kappa shape index (κ3) is 4.99. The second-order valence-corrected chi connectivity index (χ2v) is 8.59. The van der Waals surface area contributed by atoms with Crippen molar-refractivity contribution < 1.29 is 23.9 Å². The molecule has 182 valence electrons. The van der Waals surface area contributed by atoms with Crippen molar-refractivity contribution in [2.24, 2.45) is 0 Å². The first-order valence-corrected chi connectivity index (χ1v) is 11.3. The molecule has 3 aromatic carbocycles. The Labute approximate surface area is 212 Å². The number of hydrogen-bond acceptors (Lipinski definition) is 6. The number of imide groups is 1. The highest BCUT2D eigenvalue weighted by Gasteiger charge is 2.39. The molecule has 0 aromatic heterocycles. The minimum absolute atomic E-state index is 0.0724. The zero-order chi connectivity index (χ0) is 26.0. The number of rotatable bonds is 6. The number of nitrogens with zero attached hydrogens (tertiary/aromatic N) is 1.